The molecule has 1 atom stereocenters. The van der Waals surface area contributed by atoms with Gasteiger partial charge in [-0.05, 0) is 58.2 Å². The van der Waals surface area contributed by atoms with Gasteiger partial charge in [0.25, 0.3) is 0 Å². The molecular weight excluding hydrogens is 349 g/mol. The minimum absolute atomic E-state index is 0. The van der Waals surface area contributed by atoms with Crippen molar-refractivity contribution in [3.8, 4) is 0 Å². The van der Waals surface area contributed by atoms with E-state index in [0.29, 0.717) is 12.5 Å². The van der Waals surface area contributed by atoms with Gasteiger partial charge in [-0.25, -0.2) is 0 Å². The predicted octanol–water partition coefficient (Wildman–Crippen LogP) is 2.12. The number of halogens is 2. The molecule has 3 rings (SSSR count). The third-order valence-corrected chi connectivity index (χ3v) is 5.66. The van der Waals surface area contributed by atoms with Crippen molar-refractivity contribution < 1.29 is 9.53 Å². The van der Waals surface area contributed by atoms with Crippen LogP contribution in [0.5, 0.6) is 0 Å². The zero-order valence-electron chi connectivity index (χ0n) is 14.6. The number of carbonyl (C=O) groups excluding carboxylic acids is 1. The van der Waals surface area contributed by atoms with Gasteiger partial charge in [-0.3, -0.25) is 9.69 Å². The van der Waals surface area contributed by atoms with Gasteiger partial charge in [-0.2, -0.15) is 0 Å². The van der Waals surface area contributed by atoms with Gasteiger partial charge in [-0.1, -0.05) is 6.42 Å². The first-order chi connectivity index (χ1) is 10.8. The van der Waals surface area contributed by atoms with E-state index in [-0.39, 0.29) is 36.3 Å². The Hall–Kier alpha value is -0.0700. The molecule has 0 spiro atoms. The quantitative estimate of drug-likeness (QED) is 0.765. The minimum Gasteiger partial charge on any atom is -0.381 e. The van der Waals surface area contributed by atoms with Crippen molar-refractivity contribution in [2.45, 2.75) is 62.9 Å². The number of hydrogen-bond acceptors (Lipinski definition) is 4. The van der Waals surface area contributed by atoms with E-state index in [2.05, 4.69) is 15.5 Å². The second kappa shape index (κ2) is 10.8. The smallest absolute Gasteiger partial charge is 0.221 e. The molecule has 7 heteroatoms. The first-order valence-electron chi connectivity index (χ1n) is 9.11. The van der Waals surface area contributed by atoms with Crippen LogP contribution in [-0.2, 0) is 9.53 Å². The first kappa shape index (κ1) is 22.0. The van der Waals surface area contributed by atoms with Crippen molar-refractivity contribution in [3.05, 3.63) is 0 Å². The Bertz CT molecular complexity index is 367. The van der Waals surface area contributed by atoms with E-state index in [1.165, 1.54) is 38.8 Å². The van der Waals surface area contributed by atoms with Crippen LogP contribution < -0.4 is 10.6 Å². The molecule has 3 aliphatic rings. The Morgan fingerprint density at radius 1 is 1.12 bits per heavy atom. The molecule has 3 heterocycles. The molecule has 0 bridgehead atoms. The van der Waals surface area contributed by atoms with Crippen LogP contribution in [0.15, 0.2) is 0 Å². The normalized spacial score (nSPS) is 26.9. The minimum atomic E-state index is 0. The third-order valence-electron chi connectivity index (χ3n) is 5.66. The van der Waals surface area contributed by atoms with E-state index in [1.54, 1.807) is 0 Å². The number of amides is 1. The summed E-state index contributed by atoms with van der Waals surface area (Å²) < 4.78 is 5.58. The summed E-state index contributed by atoms with van der Waals surface area (Å²) in [6.07, 6.45) is 9.01. The summed E-state index contributed by atoms with van der Waals surface area (Å²) in [5.41, 5.74) is 0.136. The summed E-state index contributed by atoms with van der Waals surface area (Å²) in [5, 5.41) is 6.65. The molecule has 1 amide bonds. The van der Waals surface area contributed by atoms with Crippen molar-refractivity contribution in [2.24, 2.45) is 0 Å². The molecule has 0 saturated carbocycles. The van der Waals surface area contributed by atoms with Crippen molar-refractivity contribution >= 4 is 30.7 Å². The van der Waals surface area contributed by atoms with E-state index >= 15 is 0 Å². The number of nitrogens with one attached hydrogen (secondary N) is 2. The number of ether oxygens (including phenoxy) is 1. The van der Waals surface area contributed by atoms with Crippen molar-refractivity contribution in [1.82, 2.24) is 15.5 Å². The lowest BCUT2D eigenvalue weighted by atomic mass is 9.86. The standard InChI is InChI=1S/C17H31N3O2.2ClH/c21-16(13-15-5-4-8-18-15)19-14-17(6-11-22-12-7-17)20-9-2-1-3-10-20;;/h15,18H,1-14H2,(H,19,21);2*1H. The first-order valence-corrected chi connectivity index (χ1v) is 9.11. The van der Waals surface area contributed by atoms with E-state index in [1.807, 2.05) is 0 Å². The molecule has 0 aliphatic carbocycles. The number of hydrogen-bond donors (Lipinski definition) is 2. The highest BCUT2D eigenvalue weighted by atomic mass is 35.5. The Morgan fingerprint density at radius 2 is 1.83 bits per heavy atom. The highest BCUT2D eigenvalue weighted by molar-refractivity contribution is 5.85. The molecule has 3 fully saturated rings. The zero-order chi connectivity index (χ0) is 15.3. The maximum absolute atomic E-state index is 12.3. The summed E-state index contributed by atoms with van der Waals surface area (Å²) in [6.45, 7) is 5.88. The molecule has 0 aromatic heterocycles. The van der Waals surface area contributed by atoms with Crippen LogP contribution in [0.2, 0.25) is 0 Å². The average molecular weight is 382 g/mol. The van der Waals surface area contributed by atoms with Gasteiger partial charge in [0, 0.05) is 37.8 Å². The average Bonchev–Trinajstić information content (AvgIpc) is 3.08. The van der Waals surface area contributed by atoms with E-state index in [9.17, 15) is 4.79 Å². The molecule has 3 aliphatic heterocycles. The highest BCUT2D eigenvalue weighted by Gasteiger charge is 2.39. The number of piperidine rings is 1. The van der Waals surface area contributed by atoms with Crippen LogP contribution in [0, 0.1) is 0 Å². The van der Waals surface area contributed by atoms with Crippen LogP contribution >= 0.6 is 24.8 Å². The lowest BCUT2D eigenvalue weighted by Crippen LogP contribution is -2.59. The van der Waals surface area contributed by atoms with Crippen molar-refractivity contribution in [1.29, 1.82) is 0 Å². The highest BCUT2D eigenvalue weighted by Crippen LogP contribution is 2.30. The summed E-state index contributed by atoms with van der Waals surface area (Å²) in [4.78, 5) is 14.9. The Kier molecular flexibility index (Phi) is 9.90. The van der Waals surface area contributed by atoms with E-state index < -0.39 is 0 Å². The van der Waals surface area contributed by atoms with Gasteiger partial charge in [0.05, 0.1) is 0 Å². The predicted molar refractivity (Wildman–Crippen MR) is 101 cm³/mol. The number of likely N-dealkylation sites (tertiary alicyclic amines) is 1. The topological polar surface area (TPSA) is 53.6 Å². The molecule has 0 aromatic carbocycles. The van der Waals surface area contributed by atoms with Gasteiger partial charge in [0.2, 0.25) is 5.91 Å². The summed E-state index contributed by atoms with van der Waals surface area (Å²) in [7, 11) is 0. The number of rotatable bonds is 5. The second-order valence-corrected chi connectivity index (χ2v) is 7.16. The van der Waals surface area contributed by atoms with Crippen LogP contribution in [0.25, 0.3) is 0 Å². The Labute approximate surface area is 158 Å². The molecule has 5 nitrogen and oxygen atoms in total. The largest absolute Gasteiger partial charge is 0.381 e. The maximum Gasteiger partial charge on any atom is 0.221 e. The van der Waals surface area contributed by atoms with Gasteiger partial charge in [0.1, 0.15) is 0 Å². The second-order valence-electron chi connectivity index (χ2n) is 7.16. The van der Waals surface area contributed by atoms with Gasteiger partial charge in [0.15, 0.2) is 0 Å². The summed E-state index contributed by atoms with van der Waals surface area (Å²) >= 11 is 0. The van der Waals surface area contributed by atoms with Crippen LogP contribution in [0.1, 0.15) is 51.4 Å². The molecular formula is C17H33Cl2N3O2. The molecule has 3 saturated heterocycles. The lowest BCUT2D eigenvalue weighted by molar-refractivity contribution is -0.123. The van der Waals surface area contributed by atoms with Gasteiger partial charge < -0.3 is 15.4 Å². The van der Waals surface area contributed by atoms with Gasteiger partial charge in [-0.15, -0.1) is 24.8 Å². The van der Waals surface area contributed by atoms with Gasteiger partial charge >= 0.3 is 0 Å². The molecule has 24 heavy (non-hydrogen) atoms. The third kappa shape index (κ3) is 5.73. The van der Waals surface area contributed by atoms with E-state index in [4.69, 9.17) is 4.74 Å². The number of nitrogens with zero attached hydrogens (tertiary/aromatic N) is 1. The Morgan fingerprint density at radius 3 is 2.46 bits per heavy atom. The molecule has 0 radical (unpaired) electrons. The number of carbonyl (C=O) groups is 1. The molecule has 0 aromatic rings. The van der Waals surface area contributed by atoms with Crippen LogP contribution in [-0.4, -0.2) is 61.8 Å². The molecule has 2 N–H and O–H groups in total. The molecule has 142 valence electrons. The van der Waals surface area contributed by atoms with E-state index in [0.717, 1.165) is 45.6 Å². The zero-order valence-corrected chi connectivity index (χ0v) is 16.2. The van der Waals surface area contributed by atoms with Crippen molar-refractivity contribution in [3.63, 3.8) is 0 Å². The fourth-order valence-electron chi connectivity index (χ4n) is 4.21. The Balaban J connectivity index is 0.00000144. The maximum atomic E-state index is 12.3. The summed E-state index contributed by atoms with van der Waals surface area (Å²) in [6, 6.07) is 0.389. The monoisotopic (exact) mass is 381 g/mol. The lowest BCUT2D eigenvalue weighted by Gasteiger charge is -2.48. The van der Waals surface area contributed by atoms with Crippen molar-refractivity contribution in [2.75, 3.05) is 39.4 Å². The SMILES string of the molecule is Cl.Cl.O=C(CC1CCCN1)NCC1(N2CCCCC2)CCOCC1. The van der Waals surface area contributed by atoms with Crippen LogP contribution in [0.3, 0.4) is 0 Å². The van der Waals surface area contributed by atoms with Crippen LogP contribution in [0.4, 0.5) is 0 Å². The molecule has 1 unspecified atom stereocenters. The fourth-order valence-corrected chi connectivity index (χ4v) is 4.21. The fraction of sp³-hybridized carbons (Fsp3) is 0.941. The summed E-state index contributed by atoms with van der Waals surface area (Å²) in [5.74, 6) is 0.210.